The zero-order chi connectivity index (χ0) is 34.0. The molecular formula is C39H18N4O5. The predicted octanol–water partition coefficient (Wildman–Crippen LogP) is 2.35. The summed E-state index contributed by atoms with van der Waals surface area (Å²) >= 11 is 0. The zero-order valence-electron chi connectivity index (χ0n) is 24.8. The van der Waals surface area contributed by atoms with Crippen molar-refractivity contribution in [3.63, 3.8) is 0 Å². The van der Waals surface area contributed by atoms with Crippen molar-refractivity contribution in [2.75, 3.05) is 16.8 Å². The molecule has 2 heterocycles. The summed E-state index contributed by atoms with van der Waals surface area (Å²) in [4.78, 5) is 40.4. The van der Waals surface area contributed by atoms with E-state index in [1.165, 1.54) is 4.90 Å². The number of aromatic carboxylic acids is 1. The second-order valence-electron chi connectivity index (χ2n) is 8.99. The van der Waals surface area contributed by atoms with E-state index in [2.05, 4.69) is 111 Å². The molecule has 0 spiro atoms. The Morgan fingerprint density at radius 2 is 1.40 bits per heavy atom. The maximum absolute atomic E-state index is 13.8. The van der Waals surface area contributed by atoms with Crippen LogP contribution in [0.2, 0.25) is 0 Å². The van der Waals surface area contributed by atoms with Crippen molar-refractivity contribution >= 4 is 29.2 Å². The van der Waals surface area contributed by atoms with Gasteiger partial charge in [-0.15, -0.1) is 6.42 Å². The van der Waals surface area contributed by atoms with Gasteiger partial charge in [-0.2, -0.15) is 5.10 Å². The summed E-state index contributed by atoms with van der Waals surface area (Å²) in [5, 5.41) is 16.1. The van der Waals surface area contributed by atoms with Crippen LogP contribution in [0.3, 0.4) is 0 Å². The van der Waals surface area contributed by atoms with Gasteiger partial charge < -0.3 is 20.1 Å². The summed E-state index contributed by atoms with van der Waals surface area (Å²) in [5.41, 5.74) is 1.66. The third kappa shape index (κ3) is 9.20. The Bertz CT molecular complexity index is 2360. The van der Waals surface area contributed by atoms with Crippen LogP contribution in [-0.4, -0.2) is 39.2 Å². The summed E-state index contributed by atoms with van der Waals surface area (Å²) in [6.07, 6.45) is 10.2. The SMILES string of the molecule is C#CC#CC#CC#CC#CC#CC#CC#CC#COc1ccccc1NC(=O)C(C(=O)N1CCc2ccccc21)n1cc(C(=O)O)cn1. The summed E-state index contributed by atoms with van der Waals surface area (Å²) in [6.45, 7) is 0.354. The predicted molar refractivity (Wildman–Crippen MR) is 177 cm³/mol. The molecule has 0 aliphatic carbocycles. The lowest BCUT2D eigenvalue weighted by atomic mass is 10.1. The number of benzene rings is 2. The number of nitrogens with one attached hydrogen (secondary N) is 1. The number of aromatic nitrogens is 2. The highest BCUT2D eigenvalue weighted by Crippen LogP contribution is 2.31. The van der Waals surface area contributed by atoms with Gasteiger partial charge in [0.05, 0.1) is 17.4 Å². The first-order valence-corrected chi connectivity index (χ1v) is 13.7. The standard InChI is InChI=1S/C39H18N4O5/c1-2-3-4-5-6-7-8-9-10-11-12-13-14-15-16-21-28-48-35-25-20-18-23-33(35)41-37(44)36(43-30-32(29-40-43)39(46)47)38(45)42-27-26-31-22-17-19-24-34(31)42/h1,17-20,22-25,29-30,36H,26-27H2,(H,41,44)(H,46,47). The van der Waals surface area contributed by atoms with Crippen LogP contribution in [0.5, 0.6) is 5.75 Å². The Labute approximate surface area is 277 Å². The molecule has 9 heteroatoms. The smallest absolute Gasteiger partial charge is 0.338 e. The molecule has 1 aromatic heterocycles. The molecule has 48 heavy (non-hydrogen) atoms. The number of hydrogen-bond donors (Lipinski definition) is 2. The monoisotopic (exact) mass is 622 g/mol. The largest absolute Gasteiger partial charge is 0.478 e. The van der Waals surface area contributed by atoms with E-state index in [1.807, 2.05) is 12.1 Å². The lowest BCUT2D eigenvalue weighted by Crippen LogP contribution is -2.42. The minimum atomic E-state index is -1.52. The van der Waals surface area contributed by atoms with Crippen LogP contribution in [0.25, 0.3) is 0 Å². The van der Waals surface area contributed by atoms with E-state index in [4.69, 9.17) is 11.2 Å². The number of carbonyl (C=O) groups excluding carboxylic acids is 2. The Morgan fingerprint density at radius 1 is 0.812 bits per heavy atom. The van der Waals surface area contributed by atoms with Crippen molar-refractivity contribution in [1.82, 2.24) is 9.78 Å². The average Bonchev–Trinajstić information content (AvgIpc) is 3.75. The lowest BCUT2D eigenvalue weighted by molar-refractivity contribution is -0.130. The van der Waals surface area contributed by atoms with Crippen LogP contribution in [0, 0.1) is 107 Å². The molecule has 9 nitrogen and oxygen atoms in total. The van der Waals surface area contributed by atoms with E-state index in [0.29, 0.717) is 18.7 Å². The van der Waals surface area contributed by atoms with Gasteiger partial charge in [-0.1, -0.05) is 30.3 Å². The molecule has 0 fully saturated rings. The molecule has 2 N–H and O–H groups in total. The van der Waals surface area contributed by atoms with E-state index in [0.717, 1.165) is 22.6 Å². The molecule has 1 unspecified atom stereocenters. The highest BCUT2D eigenvalue weighted by Gasteiger charge is 2.37. The highest BCUT2D eigenvalue weighted by atomic mass is 16.5. The maximum atomic E-state index is 13.8. The Morgan fingerprint density at radius 3 is 2.02 bits per heavy atom. The molecule has 1 aliphatic heterocycles. The number of amides is 2. The molecule has 1 aliphatic rings. The fourth-order valence-electron chi connectivity index (χ4n) is 4.06. The quantitative estimate of drug-likeness (QED) is 0.323. The van der Waals surface area contributed by atoms with Gasteiger partial charge in [0, 0.05) is 65.8 Å². The van der Waals surface area contributed by atoms with Crippen molar-refractivity contribution in [1.29, 1.82) is 0 Å². The van der Waals surface area contributed by atoms with Crippen LogP contribution in [0.4, 0.5) is 11.4 Å². The number of carbonyl (C=O) groups is 3. The van der Waals surface area contributed by atoms with Gasteiger partial charge in [-0.05, 0) is 77.5 Å². The van der Waals surface area contributed by atoms with Crippen LogP contribution < -0.4 is 15.0 Å². The first kappa shape index (κ1) is 32.8. The summed E-state index contributed by atoms with van der Waals surface area (Å²) < 4.78 is 6.51. The molecule has 2 amide bonds. The number of fused-ring (bicyclic) bond motifs is 1. The van der Waals surface area contributed by atoms with Gasteiger partial charge in [0.25, 0.3) is 11.8 Å². The molecule has 4 rings (SSSR count). The molecule has 0 saturated carbocycles. The van der Waals surface area contributed by atoms with Gasteiger partial charge in [0.1, 0.15) is 6.11 Å². The summed E-state index contributed by atoms with van der Waals surface area (Å²) in [5.74, 6) is 36.7. The highest BCUT2D eigenvalue weighted by molar-refractivity contribution is 6.14. The first-order chi connectivity index (χ1) is 23.5. The maximum Gasteiger partial charge on any atom is 0.338 e. The summed E-state index contributed by atoms with van der Waals surface area (Å²) in [6, 6.07) is 12.3. The number of para-hydroxylation sites is 3. The number of carboxylic acids is 1. The minimum Gasteiger partial charge on any atom is -0.478 e. The van der Waals surface area contributed by atoms with E-state index < -0.39 is 23.8 Å². The lowest BCUT2D eigenvalue weighted by Gasteiger charge is -2.24. The topological polar surface area (TPSA) is 114 Å². The fraction of sp³-hybridized carbons (Fsp3) is 0.0769. The van der Waals surface area contributed by atoms with Crippen molar-refractivity contribution in [2.24, 2.45) is 0 Å². The van der Waals surface area contributed by atoms with Gasteiger partial charge in [0.15, 0.2) is 5.75 Å². The number of anilines is 2. The van der Waals surface area contributed by atoms with Crippen LogP contribution in [0.1, 0.15) is 22.0 Å². The third-order valence-electron chi connectivity index (χ3n) is 6.05. The van der Waals surface area contributed by atoms with E-state index in [-0.39, 0.29) is 17.0 Å². The number of hydrogen-bond acceptors (Lipinski definition) is 5. The van der Waals surface area contributed by atoms with Crippen LogP contribution >= 0.6 is 0 Å². The minimum absolute atomic E-state index is 0.176. The van der Waals surface area contributed by atoms with E-state index >= 15 is 0 Å². The number of nitrogens with zero attached hydrogens (tertiary/aromatic N) is 3. The number of terminal acetylenes is 1. The van der Waals surface area contributed by atoms with Gasteiger partial charge in [0.2, 0.25) is 6.04 Å². The van der Waals surface area contributed by atoms with Gasteiger partial charge in [-0.25, -0.2) is 9.48 Å². The second-order valence-corrected chi connectivity index (χ2v) is 8.99. The molecule has 3 aromatic rings. The normalized spacial score (nSPS) is 10.0. The van der Waals surface area contributed by atoms with Crippen molar-refractivity contribution < 1.29 is 24.2 Å². The third-order valence-corrected chi connectivity index (χ3v) is 6.05. The zero-order valence-corrected chi connectivity index (χ0v) is 24.8. The molecule has 0 saturated heterocycles. The second kappa shape index (κ2) is 17.3. The summed E-state index contributed by atoms with van der Waals surface area (Å²) in [7, 11) is 0. The Balaban J connectivity index is 1.43. The van der Waals surface area contributed by atoms with Crippen LogP contribution in [-0.2, 0) is 16.0 Å². The number of rotatable bonds is 6. The van der Waals surface area contributed by atoms with Crippen molar-refractivity contribution in [3.8, 4) is 113 Å². The van der Waals surface area contributed by atoms with Crippen LogP contribution in [0.15, 0.2) is 60.9 Å². The molecule has 1 atom stereocenters. The van der Waals surface area contributed by atoms with Crippen molar-refractivity contribution in [2.45, 2.75) is 12.5 Å². The average molecular weight is 623 g/mol. The van der Waals surface area contributed by atoms with E-state index in [1.54, 1.807) is 36.4 Å². The first-order valence-electron chi connectivity index (χ1n) is 13.7. The van der Waals surface area contributed by atoms with Crippen molar-refractivity contribution in [3.05, 3.63) is 72.1 Å². The molecule has 0 radical (unpaired) electrons. The molecule has 224 valence electrons. The number of carboxylic acid groups (broad SMARTS) is 1. The van der Waals surface area contributed by atoms with Gasteiger partial charge >= 0.3 is 5.97 Å². The number of ether oxygens (including phenoxy) is 1. The molecular weight excluding hydrogens is 604 g/mol. The Hall–Kier alpha value is -8.10. The van der Waals surface area contributed by atoms with E-state index in [9.17, 15) is 19.5 Å². The Kier molecular flexibility index (Phi) is 11.8. The van der Waals surface area contributed by atoms with Gasteiger partial charge in [-0.3, -0.25) is 9.59 Å². The molecule has 0 bridgehead atoms. The fourth-order valence-corrected chi connectivity index (χ4v) is 4.06. The molecule has 2 aromatic carbocycles.